The number of aromatic nitrogens is 1. The molecule has 4 nitrogen and oxygen atoms in total. The molecular weight excluding hydrogens is 258 g/mol. The van der Waals surface area contributed by atoms with Crippen LogP contribution in [-0.2, 0) is 11.2 Å². The number of rotatable bonds is 8. The van der Waals surface area contributed by atoms with Crippen molar-refractivity contribution in [2.45, 2.75) is 39.0 Å². The van der Waals surface area contributed by atoms with E-state index in [0.717, 1.165) is 36.6 Å². The van der Waals surface area contributed by atoms with Crippen LogP contribution in [0.25, 0.3) is 0 Å². The third-order valence-electron chi connectivity index (χ3n) is 2.83. The Bertz CT molecular complexity index is 388. The lowest BCUT2D eigenvalue weighted by Gasteiger charge is -2.09. The van der Waals surface area contributed by atoms with Gasteiger partial charge in [-0.15, -0.1) is 11.3 Å². The van der Waals surface area contributed by atoms with Gasteiger partial charge >= 0.3 is 0 Å². The number of hydrogen-bond acceptors (Lipinski definition) is 4. The lowest BCUT2D eigenvalue weighted by Crippen LogP contribution is -2.27. The Morgan fingerprint density at radius 2 is 2.21 bits per heavy atom. The molecule has 0 fully saturated rings. The maximum Gasteiger partial charge on any atom is 0.220 e. The summed E-state index contributed by atoms with van der Waals surface area (Å²) in [6.45, 7) is 6.03. The second kappa shape index (κ2) is 8.27. The molecule has 0 spiro atoms. The summed E-state index contributed by atoms with van der Waals surface area (Å²) in [5.41, 5.74) is 1.13. The first-order chi connectivity index (χ1) is 8.99. The fourth-order valence-corrected chi connectivity index (χ4v) is 2.60. The van der Waals surface area contributed by atoms with Crippen molar-refractivity contribution < 1.29 is 4.79 Å². The number of nitrogens with one attached hydrogen (secondary N) is 1. The van der Waals surface area contributed by atoms with Crippen molar-refractivity contribution in [1.82, 2.24) is 15.2 Å². The van der Waals surface area contributed by atoms with Crippen LogP contribution in [0, 0.1) is 0 Å². The zero-order chi connectivity index (χ0) is 14.3. The van der Waals surface area contributed by atoms with Crippen molar-refractivity contribution in [3.05, 3.63) is 16.1 Å². The molecule has 1 aromatic rings. The minimum absolute atomic E-state index is 0.125. The highest BCUT2D eigenvalue weighted by Crippen LogP contribution is 2.18. The topological polar surface area (TPSA) is 45.2 Å². The lowest BCUT2D eigenvalue weighted by molar-refractivity contribution is -0.121. The SMILES string of the molecule is CC(C)c1csc(CCC(=O)NCCCN(C)C)n1. The Kier molecular flexibility index (Phi) is 7.02. The predicted molar refractivity (Wildman–Crippen MR) is 80.7 cm³/mol. The standard InChI is InChI=1S/C14H25N3OS/c1-11(2)12-10-19-14(16-12)7-6-13(18)15-8-5-9-17(3)4/h10-11H,5-9H2,1-4H3,(H,15,18). The van der Waals surface area contributed by atoms with Gasteiger partial charge in [0.25, 0.3) is 0 Å². The predicted octanol–water partition coefficient (Wildman–Crippen LogP) is 2.27. The smallest absolute Gasteiger partial charge is 0.220 e. The molecular formula is C14H25N3OS. The average molecular weight is 283 g/mol. The zero-order valence-corrected chi connectivity index (χ0v) is 13.2. The second-order valence-electron chi connectivity index (χ2n) is 5.33. The maximum atomic E-state index is 11.7. The number of hydrogen-bond donors (Lipinski definition) is 1. The number of aryl methyl sites for hydroxylation is 1. The Hall–Kier alpha value is -0.940. The highest BCUT2D eigenvalue weighted by Gasteiger charge is 2.07. The summed E-state index contributed by atoms with van der Waals surface area (Å²) in [6.07, 6.45) is 2.28. The molecule has 108 valence electrons. The van der Waals surface area contributed by atoms with E-state index in [9.17, 15) is 4.79 Å². The minimum atomic E-state index is 0.125. The number of carbonyl (C=O) groups excluding carboxylic acids is 1. The van der Waals surface area contributed by atoms with E-state index >= 15 is 0 Å². The Balaban J connectivity index is 2.18. The molecule has 0 aliphatic rings. The highest BCUT2D eigenvalue weighted by molar-refractivity contribution is 7.09. The van der Waals surface area contributed by atoms with Gasteiger partial charge in [0, 0.05) is 24.8 Å². The van der Waals surface area contributed by atoms with Gasteiger partial charge in [0.05, 0.1) is 10.7 Å². The maximum absolute atomic E-state index is 11.7. The van der Waals surface area contributed by atoms with Crippen LogP contribution < -0.4 is 5.32 Å². The average Bonchev–Trinajstić information content (AvgIpc) is 2.81. The van der Waals surface area contributed by atoms with E-state index in [1.54, 1.807) is 11.3 Å². The van der Waals surface area contributed by atoms with E-state index < -0.39 is 0 Å². The van der Waals surface area contributed by atoms with Gasteiger partial charge in [0.2, 0.25) is 5.91 Å². The molecule has 0 saturated carbocycles. The Morgan fingerprint density at radius 1 is 1.47 bits per heavy atom. The van der Waals surface area contributed by atoms with Crippen LogP contribution in [0.5, 0.6) is 0 Å². The van der Waals surface area contributed by atoms with Crippen molar-refractivity contribution in [2.75, 3.05) is 27.2 Å². The number of nitrogens with zero attached hydrogens (tertiary/aromatic N) is 2. The van der Waals surface area contributed by atoms with Gasteiger partial charge in [-0.25, -0.2) is 4.98 Å². The molecule has 19 heavy (non-hydrogen) atoms. The molecule has 1 rings (SSSR count). The summed E-state index contributed by atoms with van der Waals surface area (Å²) in [5.74, 6) is 0.588. The molecule has 0 unspecified atom stereocenters. The Labute approximate surface area is 120 Å². The van der Waals surface area contributed by atoms with Crippen LogP contribution >= 0.6 is 11.3 Å². The van der Waals surface area contributed by atoms with E-state index in [0.29, 0.717) is 12.3 Å². The summed E-state index contributed by atoms with van der Waals surface area (Å²) >= 11 is 1.65. The largest absolute Gasteiger partial charge is 0.356 e. The van der Waals surface area contributed by atoms with Crippen LogP contribution in [0.15, 0.2) is 5.38 Å². The van der Waals surface area contributed by atoms with Crippen molar-refractivity contribution in [3.8, 4) is 0 Å². The molecule has 1 N–H and O–H groups in total. The molecule has 0 aromatic carbocycles. The second-order valence-corrected chi connectivity index (χ2v) is 6.27. The molecule has 0 atom stereocenters. The molecule has 0 saturated heterocycles. The number of carbonyl (C=O) groups is 1. The first kappa shape index (κ1) is 16.1. The molecule has 5 heteroatoms. The monoisotopic (exact) mass is 283 g/mol. The van der Waals surface area contributed by atoms with Gasteiger partial charge in [0.1, 0.15) is 0 Å². The summed E-state index contributed by atoms with van der Waals surface area (Å²) in [7, 11) is 4.08. The van der Waals surface area contributed by atoms with Gasteiger partial charge in [-0.1, -0.05) is 13.8 Å². The van der Waals surface area contributed by atoms with Gasteiger partial charge < -0.3 is 10.2 Å². The fraction of sp³-hybridized carbons (Fsp3) is 0.714. The van der Waals surface area contributed by atoms with Gasteiger partial charge in [-0.2, -0.15) is 0 Å². The molecule has 0 aliphatic heterocycles. The van der Waals surface area contributed by atoms with Crippen LogP contribution in [0.4, 0.5) is 0 Å². The summed E-state index contributed by atoms with van der Waals surface area (Å²) in [6, 6.07) is 0. The molecule has 0 bridgehead atoms. The van der Waals surface area contributed by atoms with E-state index in [1.807, 2.05) is 14.1 Å². The fourth-order valence-electron chi connectivity index (χ4n) is 1.64. The lowest BCUT2D eigenvalue weighted by atomic mass is 10.2. The van der Waals surface area contributed by atoms with E-state index in [4.69, 9.17) is 0 Å². The highest BCUT2D eigenvalue weighted by atomic mass is 32.1. The molecule has 1 heterocycles. The van der Waals surface area contributed by atoms with E-state index in [-0.39, 0.29) is 5.91 Å². The third kappa shape index (κ3) is 6.68. The minimum Gasteiger partial charge on any atom is -0.356 e. The van der Waals surface area contributed by atoms with Gasteiger partial charge in [0.15, 0.2) is 0 Å². The summed E-state index contributed by atoms with van der Waals surface area (Å²) in [5, 5.41) is 6.10. The van der Waals surface area contributed by atoms with Gasteiger partial charge in [-0.05, 0) is 33.0 Å². The first-order valence-corrected chi connectivity index (χ1v) is 7.72. The van der Waals surface area contributed by atoms with Crippen LogP contribution in [0.1, 0.15) is 43.3 Å². The van der Waals surface area contributed by atoms with Crippen LogP contribution in [0.2, 0.25) is 0 Å². The van der Waals surface area contributed by atoms with Crippen LogP contribution in [0.3, 0.4) is 0 Å². The molecule has 1 aromatic heterocycles. The first-order valence-electron chi connectivity index (χ1n) is 6.84. The zero-order valence-electron chi connectivity index (χ0n) is 12.4. The molecule has 1 amide bonds. The summed E-state index contributed by atoms with van der Waals surface area (Å²) in [4.78, 5) is 18.3. The quantitative estimate of drug-likeness (QED) is 0.744. The molecule has 0 aliphatic carbocycles. The number of thiazole rings is 1. The summed E-state index contributed by atoms with van der Waals surface area (Å²) < 4.78 is 0. The van der Waals surface area contributed by atoms with Crippen molar-refractivity contribution >= 4 is 17.2 Å². The molecule has 0 radical (unpaired) electrons. The van der Waals surface area contributed by atoms with Crippen molar-refractivity contribution in [2.24, 2.45) is 0 Å². The normalized spacial score (nSPS) is 11.3. The van der Waals surface area contributed by atoms with Gasteiger partial charge in [-0.3, -0.25) is 4.79 Å². The Morgan fingerprint density at radius 3 is 2.79 bits per heavy atom. The van der Waals surface area contributed by atoms with Crippen molar-refractivity contribution in [1.29, 1.82) is 0 Å². The number of amides is 1. The van der Waals surface area contributed by atoms with E-state index in [1.165, 1.54) is 0 Å². The third-order valence-corrected chi connectivity index (χ3v) is 3.76. The van der Waals surface area contributed by atoms with Crippen LogP contribution in [-0.4, -0.2) is 43.0 Å². The van der Waals surface area contributed by atoms with Crippen molar-refractivity contribution in [3.63, 3.8) is 0 Å². The van der Waals surface area contributed by atoms with E-state index in [2.05, 4.69) is 34.4 Å².